The predicted molar refractivity (Wildman–Crippen MR) is 48.8 cm³/mol. The minimum atomic E-state index is -4.47. The molecule has 0 saturated carbocycles. The summed E-state index contributed by atoms with van der Waals surface area (Å²) >= 11 is 5.56. The van der Waals surface area contributed by atoms with E-state index < -0.39 is 12.2 Å². The van der Waals surface area contributed by atoms with Crippen molar-refractivity contribution in [2.24, 2.45) is 5.73 Å². The first-order valence-electron chi connectivity index (χ1n) is 3.69. The van der Waals surface area contributed by atoms with Crippen LogP contribution in [0.1, 0.15) is 11.6 Å². The summed E-state index contributed by atoms with van der Waals surface area (Å²) in [6.07, 6.45) is -4.47. The zero-order valence-corrected chi connectivity index (χ0v) is 7.73. The SMILES string of the molecule is Nc1ccc([C@H](N)C(F)(F)F)cc1Cl. The van der Waals surface area contributed by atoms with Crippen LogP contribution in [-0.2, 0) is 0 Å². The average molecular weight is 225 g/mol. The van der Waals surface area contributed by atoms with E-state index in [-0.39, 0.29) is 16.3 Å². The molecule has 1 rings (SSSR count). The molecule has 0 heterocycles. The lowest BCUT2D eigenvalue weighted by Crippen LogP contribution is -2.28. The molecule has 14 heavy (non-hydrogen) atoms. The Hall–Kier alpha value is -0.940. The van der Waals surface area contributed by atoms with E-state index in [0.717, 1.165) is 6.07 Å². The quantitative estimate of drug-likeness (QED) is 0.720. The minimum Gasteiger partial charge on any atom is -0.398 e. The van der Waals surface area contributed by atoms with Gasteiger partial charge < -0.3 is 11.5 Å². The molecule has 4 N–H and O–H groups in total. The van der Waals surface area contributed by atoms with Crippen LogP contribution in [0.15, 0.2) is 18.2 Å². The van der Waals surface area contributed by atoms with E-state index in [1.807, 2.05) is 0 Å². The lowest BCUT2D eigenvalue weighted by Gasteiger charge is -2.16. The Morgan fingerprint density at radius 3 is 2.29 bits per heavy atom. The fourth-order valence-electron chi connectivity index (χ4n) is 0.926. The average Bonchev–Trinajstić information content (AvgIpc) is 2.07. The second-order valence-corrected chi connectivity index (χ2v) is 3.21. The maximum atomic E-state index is 12.2. The van der Waals surface area contributed by atoms with Gasteiger partial charge in [0.2, 0.25) is 0 Å². The summed E-state index contributed by atoms with van der Waals surface area (Å²) in [5.41, 5.74) is 10.4. The number of rotatable bonds is 1. The third kappa shape index (κ3) is 2.30. The van der Waals surface area contributed by atoms with Crippen LogP contribution in [0.4, 0.5) is 18.9 Å². The monoisotopic (exact) mass is 224 g/mol. The van der Waals surface area contributed by atoms with E-state index in [4.69, 9.17) is 23.1 Å². The van der Waals surface area contributed by atoms with Gasteiger partial charge in [0.05, 0.1) is 10.7 Å². The molecule has 0 aliphatic heterocycles. The maximum absolute atomic E-state index is 12.2. The van der Waals surface area contributed by atoms with Crippen molar-refractivity contribution >= 4 is 17.3 Å². The highest BCUT2D eigenvalue weighted by Gasteiger charge is 2.37. The van der Waals surface area contributed by atoms with Crippen molar-refractivity contribution in [2.45, 2.75) is 12.2 Å². The summed E-state index contributed by atoms with van der Waals surface area (Å²) in [6, 6.07) is 1.60. The molecule has 1 aromatic carbocycles. The molecule has 0 saturated heterocycles. The lowest BCUT2D eigenvalue weighted by atomic mass is 10.1. The molecule has 0 aromatic heterocycles. The Morgan fingerprint density at radius 1 is 1.29 bits per heavy atom. The number of hydrogen-bond acceptors (Lipinski definition) is 2. The standard InChI is InChI=1S/C8H8ClF3N2/c9-5-3-4(1-2-6(5)13)7(14)8(10,11)12/h1-3,7H,13-14H2/t7-/m0/s1. The Bertz CT molecular complexity index is 338. The second kappa shape index (κ2) is 3.67. The normalized spacial score (nSPS) is 14.1. The largest absolute Gasteiger partial charge is 0.407 e. The van der Waals surface area contributed by atoms with E-state index in [0.29, 0.717) is 0 Å². The van der Waals surface area contributed by atoms with Gasteiger partial charge in [-0.2, -0.15) is 13.2 Å². The first kappa shape index (κ1) is 11.1. The first-order chi connectivity index (χ1) is 6.32. The van der Waals surface area contributed by atoms with Crippen LogP contribution >= 0.6 is 11.6 Å². The maximum Gasteiger partial charge on any atom is 0.407 e. The highest BCUT2D eigenvalue weighted by Crippen LogP contribution is 2.32. The highest BCUT2D eigenvalue weighted by molar-refractivity contribution is 6.33. The summed E-state index contributed by atoms with van der Waals surface area (Å²) in [7, 11) is 0. The molecule has 0 radical (unpaired) electrons. The first-order valence-corrected chi connectivity index (χ1v) is 4.07. The van der Waals surface area contributed by atoms with Gasteiger partial charge in [-0.15, -0.1) is 0 Å². The van der Waals surface area contributed by atoms with E-state index >= 15 is 0 Å². The van der Waals surface area contributed by atoms with Crippen LogP contribution < -0.4 is 11.5 Å². The van der Waals surface area contributed by atoms with Crippen molar-refractivity contribution in [3.8, 4) is 0 Å². The molecule has 1 aromatic rings. The molecule has 0 aliphatic carbocycles. The van der Waals surface area contributed by atoms with Crippen molar-refractivity contribution < 1.29 is 13.2 Å². The van der Waals surface area contributed by atoms with Gasteiger partial charge in [-0.25, -0.2) is 0 Å². The summed E-state index contributed by atoms with van der Waals surface area (Å²) < 4.78 is 36.5. The van der Waals surface area contributed by atoms with Crippen molar-refractivity contribution in [1.29, 1.82) is 0 Å². The molecule has 0 bridgehead atoms. The Balaban J connectivity index is 3.03. The summed E-state index contributed by atoms with van der Waals surface area (Å²) in [4.78, 5) is 0. The van der Waals surface area contributed by atoms with Gasteiger partial charge in [0, 0.05) is 0 Å². The zero-order valence-electron chi connectivity index (χ0n) is 6.98. The predicted octanol–water partition coefficient (Wildman–Crippen LogP) is 2.48. The number of nitrogen functional groups attached to an aromatic ring is 1. The number of halogens is 4. The van der Waals surface area contributed by atoms with Crippen molar-refractivity contribution in [3.63, 3.8) is 0 Å². The summed E-state index contributed by atoms with van der Waals surface area (Å²) in [5, 5.41) is 0.0715. The molecule has 0 amide bonds. The van der Waals surface area contributed by atoms with Gasteiger partial charge in [-0.3, -0.25) is 0 Å². The molecule has 0 fully saturated rings. The van der Waals surface area contributed by atoms with Crippen molar-refractivity contribution in [1.82, 2.24) is 0 Å². The number of benzene rings is 1. The Kier molecular flexibility index (Phi) is 2.92. The number of hydrogen-bond donors (Lipinski definition) is 2. The van der Waals surface area contributed by atoms with Gasteiger partial charge in [0.25, 0.3) is 0 Å². The van der Waals surface area contributed by atoms with E-state index in [2.05, 4.69) is 0 Å². The zero-order chi connectivity index (χ0) is 10.9. The molecular formula is C8H8ClF3N2. The highest BCUT2D eigenvalue weighted by atomic mass is 35.5. The Morgan fingerprint density at radius 2 is 1.86 bits per heavy atom. The van der Waals surface area contributed by atoms with E-state index in [1.54, 1.807) is 0 Å². The fraction of sp³-hybridized carbons (Fsp3) is 0.250. The van der Waals surface area contributed by atoms with Gasteiger partial charge in [-0.1, -0.05) is 17.7 Å². The van der Waals surface area contributed by atoms with Crippen LogP contribution in [0.3, 0.4) is 0 Å². The van der Waals surface area contributed by atoms with Gasteiger partial charge >= 0.3 is 6.18 Å². The molecule has 0 aliphatic rings. The van der Waals surface area contributed by atoms with Gasteiger partial charge in [0.1, 0.15) is 6.04 Å². The van der Waals surface area contributed by atoms with Crippen LogP contribution in [0.5, 0.6) is 0 Å². The molecule has 6 heteroatoms. The minimum absolute atomic E-state index is 0.0715. The van der Waals surface area contributed by atoms with E-state index in [9.17, 15) is 13.2 Å². The second-order valence-electron chi connectivity index (χ2n) is 2.80. The molecule has 0 unspecified atom stereocenters. The van der Waals surface area contributed by atoms with Gasteiger partial charge in [0.15, 0.2) is 0 Å². The Labute approximate surface area is 83.6 Å². The molecule has 78 valence electrons. The number of anilines is 1. The van der Waals surface area contributed by atoms with Gasteiger partial charge in [-0.05, 0) is 17.7 Å². The number of nitrogens with two attached hydrogens (primary N) is 2. The van der Waals surface area contributed by atoms with Crippen LogP contribution in [0.25, 0.3) is 0 Å². The van der Waals surface area contributed by atoms with Crippen LogP contribution in [0, 0.1) is 0 Å². The topological polar surface area (TPSA) is 52.0 Å². The molecule has 1 atom stereocenters. The van der Waals surface area contributed by atoms with Crippen molar-refractivity contribution in [2.75, 3.05) is 5.73 Å². The van der Waals surface area contributed by atoms with Crippen LogP contribution in [-0.4, -0.2) is 6.18 Å². The molecular weight excluding hydrogens is 217 g/mol. The van der Waals surface area contributed by atoms with Crippen LogP contribution in [0.2, 0.25) is 5.02 Å². The van der Waals surface area contributed by atoms with E-state index in [1.165, 1.54) is 12.1 Å². The third-order valence-corrected chi connectivity index (χ3v) is 2.06. The number of alkyl halides is 3. The van der Waals surface area contributed by atoms with Crippen molar-refractivity contribution in [3.05, 3.63) is 28.8 Å². The fourth-order valence-corrected chi connectivity index (χ4v) is 1.11. The third-order valence-electron chi connectivity index (χ3n) is 1.74. The lowest BCUT2D eigenvalue weighted by molar-refractivity contribution is -0.149. The smallest absolute Gasteiger partial charge is 0.398 e. The summed E-state index contributed by atoms with van der Waals surface area (Å²) in [6.45, 7) is 0. The molecule has 2 nitrogen and oxygen atoms in total. The molecule has 0 spiro atoms. The summed E-state index contributed by atoms with van der Waals surface area (Å²) in [5.74, 6) is 0.